The predicted octanol–water partition coefficient (Wildman–Crippen LogP) is 0.219. The molecule has 0 aliphatic carbocycles. The first kappa shape index (κ1) is 33.0. The van der Waals surface area contributed by atoms with Gasteiger partial charge in [-0.2, -0.15) is 13.2 Å². The van der Waals surface area contributed by atoms with Gasteiger partial charge in [-0.1, -0.05) is 43.2 Å². The zero-order valence-corrected chi connectivity index (χ0v) is 22.5. The maximum Gasteiger partial charge on any atom is 0.416 e. The van der Waals surface area contributed by atoms with Gasteiger partial charge in [0.15, 0.2) is 5.78 Å². The van der Waals surface area contributed by atoms with E-state index in [1.54, 1.807) is 31.1 Å². The van der Waals surface area contributed by atoms with Crippen LogP contribution in [0.25, 0.3) is 0 Å². The highest BCUT2D eigenvalue weighted by atomic mass is 19.4. The lowest BCUT2D eigenvalue weighted by Crippen LogP contribution is -2.50. The van der Waals surface area contributed by atoms with Crippen LogP contribution in [-0.4, -0.2) is 72.7 Å². The largest absolute Gasteiger partial charge is 0.446 e. The highest BCUT2D eigenvalue weighted by Gasteiger charge is 2.31. The Kier molecular flexibility index (Phi) is 12.8. The summed E-state index contributed by atoms with van der Waals surface area (Å²) in [4.78, 5) is 40.3. The molecule has 0 fully saturated rings. The van der Waals surface area contributed by atoms with Gasteiger partial charge in [0.1, 0.15) is 0 Å². The van der Waals surface area contributed by atoms with Crippen molar-refractivity contribution in [3.63, 3.8) is 0 Å². The second-order valence-electron chi connectivity index (χ2n) is 9.58. The van der Waals surface area contributed by atoms with Crippen molar-refractivity contribution in [3.05, 3.63) is 65.2 Å². The first-order valence-electron chi connectivity index (χ1n) is 13.1. The first-order chi connectivity index (χ1) is 18.9. The average molecular weight is 563 g/mol. The zero-order chi connectivity index (χ0) is 29.9. The van der Waals surface area contributed by atoms with Crippen LogP contribution in [0.1, 0.15) is 29.5 Å². The molecule has 0 saturated carbocycles. The second kappa shape index (κ2) is 15.5. The van der Waals surface area contributed by atoms with E-state index in [9.17, 15) is 32.6 Å². The van der Waals surface area contributed by atoms with Crippen molar-refractivity contribution in [1.82, 2.24) is 10.2 Å². The molecule has 0 aromatic heterocycles. The molecule has 2 aromatic carbocycles. The van der Waals surface area contributed by atoms with E-state index in [4.69, 9.17) is 17.2 Å². The lowest BCUT2D eigenvalue weighted by molar-refractivity contribution is -0.137. The third-order valence-electron chi connectivity index (χ3n) is 6.45. The molecule has 2 atom stereocenters. The highest BCUT2D eigenvalue weighted by molar-refractivity contribution is 6.65. The number of carbonyl (C=O) groups is 3. The van der Waals surface area contributed by atoms with Crippen molar-refractivity contribution in [2.45, 2.75) is 50.8 Å². The van der Waals surface area contributed by atoms with E-state index in [2.05, 4.69) is 5.32 Å². The van der Waals surface area contributed by atoms with Gasteiger partial charge in [0.25, 0.3) is 0 Å². The van der Waals surface area contributed by atoms with Crippen molar-refractivity contribution in [3.8, 4) is 0 Å². The number of hydrogen-bond acceptors (Lipinski definition) is 7. The van der Waals surface area contributed by atoms with Crippen LogP contribution < -0.4 is 28.0 Å². The summed E-state index contributed by atoms with van der Waals surface area (Å²) >= 11 is 0. The number of ketones is 1. The lowest BCUT2D eigenvalue weighted by Gasteiger charge is -2.23. The Morgan fingerprint density at radius 3 is 2.17 bits per heavy atom. The van der Waals surface area contributed by atoms with Crippen LogP contribution in [0.3, 0.4) is 0 Å². The number of Topliss-reactive ketones (excluding diaryl/α,β-unsaturated/α-hetero) is 1. The number of nitrogens with zero attached hydrogens (tertiary/aromatic N) is 1. The van der Waals surface area contributed by atoms with Gasteiger partial charge in [0.2, 0.25) is 11.8 Å². The van der Waals surface area contributed by atoms with Crippen LogP contribution in [0.5, 0.6) is 0 Å². The Balaban J connectivity index is 2.19. The van der Waals surface area contributed by atoms with Crippen LogP contribution in [0.15, 0.2) is 48.5 Å². The predicted molar refractivity (Wildman–Crippen MR) is 148 cm³/mol. The molecule has 0 radical (unpaired) electrons. The molecule has 2 amide bonds. The number of hydrogen-bond donors (Lipinski definition) is 5. The molecule has 0 saturated heterocycles. The maximum absolute atomic E-state index is 13.4. The molecule has 40 heavy (non-hydrogen) atoms. The fraction of sp³-hybridized carbons (Fsp3) is 0.444. The molecule has 0 bridgehead atoms. The minimum Gasteiger partial charge on any atom is -0.446 e. The normalized spacial score (nSPS) is 12.9. The number of rotatable bonds is 15. The molecule has 13 heteroatoms. The number of alkyl halides is 3. The van der Waals surface area contributed by atoms with Crippen LogP contribution in [0, 0.1) is 0 Å². The molecule has 0 heterocycles. The van der Waals surface area contributed by atoms with E-state index < -0.39 is 42.4 Å². The highest BCUT2D eigenvalue weighted by Crippen LogP contribution is 2.29. The number of halogens is 3. The number of nitrogens with two attached hydrogens (primary N) is 3. The fourth-order valence-corrected chi connectivity index (χ4v) is 4.24. The standard InChI is InChI=1S/C27H37BF3N5O4/c1-28(40)21-5-3-2-4-19(21)17-24(37)23(16-18-6-8-20(9-7-18)27(29,30)31)35-26(39)22(34)10-11-25(38)36(14-12-32)15-13-33/h2-9,22-23,40H,10-17,32-34H2,1H3,(H,35,39)/t22-,23-/m0/s1. The molecule has 0 aliphatic heterocycles. The van der Waals surface area contributed by atoms with Gasteiger partial charge in [-0.15, -0.1) is 0 Å². The quantitative estimate of drug-likeness (QED) is 0.194. The molecule has 0 unspecified atom stereocenters. The van der Waals surface area contributed by atoms with Crippen LogP contribution in [0.2, 0.25) is 6.82 Å². The third-order valence-corrected chi connectivity index (χ3v) is 6.45. The fourth-order valence-electron chi connectivity index (χ4n) is 4.24. The molecule has 2 rings (SSSR count). The number of carbonyl (C=O) groups excluding carboxylic acids is 3. The van der Waals surface area contributed by atoms with Crippen molar-refractivity contribution < 1.29 is 32.6 Å². The van der Waals surface area contributed by atoms with E-state index in [1.165, 1.54) is 17.0 Å². The van der Waals surface area contributed by atoms with E-state index in [-0.39, 0.29) is 44.7 Å². The van der Waals surface area contributed by atoms with Gasteiger partial charge in [-0.25, -0.2) is 0 Å². The van der Waals surface area contributed by atoms with Gasteiger partial charge in [0.05, 0.1) is 17.6 Å². The molecule has 218 valence electrons. The Morgan fingerprint density at radius 1 is 1.02 bits per heavy atom. The smallest absolute Gasteiger partial charge is 0.416 e. The van der Waals surface area contributed by atoms with E-state index >= 15 is 0 Å². The summed E-state index contributed by atoms with van der Waals surface area (Å²) < 4.78 is 39.0. The zero-order valence-electron chi connectivity index (χ0n) is 22.5. The summed E-state index contributed by atoms with van der Waals surface area (Å²) in [6.45, 7) is 1.86. The van der Waals surface area contributed by atoms with Crippen LogP contribution in [0.4, 0.5) is 13.2 Å². The minimum atomic E-state index is -4.51. The van der Waals surface area contributed by atoms with Gasteiger partial charge in [0, 0.05) is 39.0 Å². The van der Waals surface area contributed by atoms with Crippen molar-refractivity contribution in [1.29, 1.82) is 0 Å². The average Bonchev–Trinajstić information content (AvgIpc) is 2.90. The number of benzene rings is 2. The van der Waals surface area contributed by atoms with Crippen molar-refractivity contribution in [2.75, 3.05) is 26.2 Å². The van der Waals surface area contributed by atoms with E-state index in [0.717, 1.165) is 12.1 Å². The molecular formula is C27H37BF3N5O4. The summed E-state index contributed by atoms with van der Waals surface area (Å²) in [6.07, 6.45) is -4.75. The van der Waals surface area contributed by atoms with Gasteiger partial charge in [-0.3, -0.25) is 14.4 Å². The number of nitrogens with one attached hydrogen (secondary N) is 1. The Hall–Kier alpha value is -3.26. The number of amides is 2. The monoisotopic (exact) mass is 563 g/mol. The maximum atomic E-state index is 13.4. The molecule has 0 aliphatic rings. The van der Waals surface area contributed by atoms with E-state index in [1.807, 2.05) is 0 Å². The first-order valence-corrected chi connectivity index (χ1v) is 13.1. The van der Waals surface area contributed by atoms with E-state index in [0.29, 0.717) is 29.7 Å². The minimum absolute atomic E-state index is 0.00234. The van der Waals surface area contributed by atoms with Gasteiger partial charge in [-0.05, 0) is 41.6 Å². The molecule has 8 N–H and O–H groups in total. The van der Waals surface area contributed by atoms with Crippen molar-refractivity contribution in [2.24, 2.45) is 17.2 Å². The van der Waals surface area contributed by atoms with Gasteiger partial charge < -0.3 is 32.4 Å². The summed E-state index contributed by atoms with van der Waals surface area (Å²) in [5.74, 6) is -1.35. The Labute approximate surface area is 232 Å². The SMILES string of the molecule is CB(O)c1ccccc1CC(=O)[C@H](Cc1ccc(C(F)(F)F)cc1)NC(=O)[C@@H](N)CCC(=O)N(CCN)CCN. The lowest BCUT2D eigenvalue weighted by atomic mass is 9.62. The Morgan fingerprint density at radius 2 is 1.62 bits per heavy atom. The topological polar surface area (TPSA) is 165 Å². The summed E-state index contributed by atoms with van der Waals surface area (Å²) in [6, 6.07) is 8.89. The molecule has 9 nitrogen and oxygen atoms in total. The van der Waals surface area contributed by atoms with Crippen LogP contribution >= 0.6 is 0 Å². The second-order valence-corrected chi connectivity index (χ2v) is 9.58. The molecular weight excluding hydrogens is 526 g/mol. The summed E-state index contributed by atoms with van der Waals surface area (Å²) in [5.41, 5.74) is 17.8. The Bertz CT molecular complexity index is 1130. The van der Waals surface area contributed by atoms with Crippen LogP contribution in [-0.2, 0) is 33.4 Å². The van der Waals surface area contributed by atoms with Gasteiger partial charge >= 0.3 is 13.1 Å². The summed E-state index contributed by atoms with van der Waals surface area (Å²) in [5, 5.41) is 12.7. The third kappa shape index (κ3) is 10.0. The summed E-state index contributed by atoms with van der Waals surface area (Å²) in [7, 11) is 0. The molecule has 0 spiro atoms. The van der Waals surface area contributed by atoms with Crippen molar-refractivity contribution >= 4 is 30.0 Å². The molecule has 2 aromatic rings.